The van der Waals surface area contributed by atoms with E-state index in [4.69, 9.17) is 16.3 Å². The van der Waals surface area contributed by atoms with E-state index in [0.29, 0.717) is 24.5 Å². The van der Waals surface area contributed by atoms with Crippen LogP contribution in [0.2, 0.25) is 5.02 Å². The van der Waals surface area contributed by atoms with Gasteiger partial charge in [0.25, 0.3) is 0 Å². The van der Waals surface area contributed by atoms with Crippen molar-refractivity contribution in [2.75, 3.05) is 0 Å². The van der Waals surface area contributed by atoms with Gasteiger partial charge in [-0.05, 0) is 52.9 Å². The number of benzene rings is 3. The van der Waals surface area contributed by atoms with E-state index in [1.54, 1.807) is 0 Å². The van der Waals surface area contributed by atoms with Crippen molar-refractivity contribution in [3.8, 4) is 16.9 Å². The zero-order chi connectivity index (χ0) is 21.1. The molecule has 5 heteroatoms. The standard InChI is InChI=1S/C25H22ClNO3/c1-17(28)27-24(14-15-25(27)29)21-6-4-19(5-7-21)20-8-12-23(13-9-20)30-16-18-2-10-22(26)11-3-18/h2-13,24H,14-16H2,1H3. The molecule has 152 valence electrons. The van der Waals surface area contributed by atoms with Crippen LogP contribution in [0.5, 0.6) is 5.75 Å². The smallest absolute Gasteiger partial charge is 0.229 e. The highest BCUT2D eigenvalue weighted by molar-refractivity contribution is 6.30. The maximum atomic E-state index is 12.0. The molecule has 1 saturated heterocycles. The minimum atomic E-state index is -0.194. The molecular formula is C25H22ClNO3. The van der Waals surface area contributed by atoms with Gasteiger partial charge in [0, 0.05) is 18.4 Å². The predicted octanol–water partition coefficient (Wildman–Crippen LogP) is 5.80. The van der Waals surface area contributed by atoms with Gasteiger partial charge < -0.3 is 4.74 Å². The van der Waals surface area contributed by atoms with Gasteiger partial charge in [0.1, 0.15) is 12.4 Å². The first-order valence-electron chi connectivity index (χ1n) is 9.91. The van der Waals surface area contributed by atoms with Crippen molar-refractivity contribution in [1.29, 1.82) is 0 Å². The van der Waals surface area contributed by atoms with Crippen LogP contribution < -0.4 is 4.74 Å². The van der Waals surface area contributed by atoms with Crippen LogP contribution >= 0.6 is 11.6 Å². The molecule has 0 spiro atoms. The Balaban J connectivity index is 1.42. The normalized spacial score (nSPS) is 16.0. The summed E-state index contributed by atoms with van der Waals surface area (Å²) in [5.41, 5.74) is 4.19. The fourth-order valence-corrected chi connectivity index (χ4v) is 3.91. The SMILES string of the molecule is CC(=O)N1C(=O)CCC1c1ccc(-c2ccc(OCc3ccc(Cl)cc3)cc2)cc1. The fourth-order valence-electron chi connectivity index (χ4n) is 3.78. The highest BCUT2D eigenvalue weighted by Gasteiger charge is 2.34. The van der Waals surface area contributed by atoms with Crippen LogP contribution in [-0.4, -0.2) is 16.7 Å². The molecule has 0 saturated carbocycles. The monoisotopic (exact) mass is 419 g/mol. The van der Waals surface area contributed by atoms with Crippen LogP contribution in [-0.2, 0) is 16.2 Å². The maximum absolute atomic E-state index is 12.0. The van der Waals surface area contributed by atoms with Gasteiger partial charge in [-0.15, -0.1) is 0 Å². The van der Waals surface area contributed by atoms with Crippen LogP contribution in [0.1, 0.15) is 36.9 Å². The molecule has 1 aliphatic heterocycles. The highest BCUT2D eigenvalue weighted by Crippen LogP contribution is 2.34. The van der Waals surface area contributed by atoms with Gasteiger partial charge in [0.15, 0.2) is 0 Å². The Labute approximate surface area is 181 Å². The summed E-state index contributed by atoms with van der Waals surface area (Å²) in [5, 5.41) is 0.711. The Hall–Kier alpha value is -3.11. The molecule has 1 aliphatic rings. The first-order chi connectivity index (χ1) is 14.5. The lowest BCUT2D eigenvalue weighted by Gasteiger charge is -2.22. The lowest BCUT2D eigenvalue weighted by atomic mass is 9.99. The number of likely N-dealkylation sites (tertiary alicyclic amines) is 1. The lowest BCUT2D eigenvalue weighted by Crippen LogP contribution is -2.32. The number of carbonyl (C=O) groups excluding carboxylic acids is 2. The van der Waals surface area contributed by atoms with Crippen LogP contribution in [0.25, 0.3) is 11.1 Å². The summed E-state index contributed by atoms with van der Waals surface area (Å²) >= 11 is 5.91. The van der Waals surface area contributed by atoms with E-state index < -0.39 is 0 Å². The third-order valence-electron chi connectivity index (χ3n) is 5.35. The molecule has 1 heterocycles. The summed E-state index contributed by atoms with van der Waals surface area (Å²) in [7, 11) is 0. The van der Waals surface area contributed by atoms with E-state index in [-0.39, 0.29) is 17.9 Å². The van der Waals surface area contributed by atoms with Crippen molar-refractivity contribution in [3.05, 3.63) is 88.9 Å². The number of nitrogens with zero attached hydrogens (tertiary/aromatic N) is 1. The molecule has 0 bridgehead atoms. The number of hydrogen-bond donors (Lipinski definition) is 0. The average molecular weight is 420 g/mol. The number of rotatable bonds is 5. The highest BCUT2D eigenvalue weighted by atomic mass is 35.5. The molecule has 0 radical (unpaired) electrons. The summed E-state index contributed by atoms with van der Waals surface area (Å²) in [6.07, 6.45) is 1.10. The van der Waals surface area contributed by atoms with E-state index in [9.17, 15) is 9.59 Å². The summed E-state index contributed by atoms with van der Waals surface area (Å²) in [5.74, 6) is 0.512. The van der Waals surface area contributed by atoms with Gasteiger partial charge in [-0.3, -0.25) is 14.5 Å². The average Bonchev–Trinajstić information content (AvgIpc) is 3.15. The number of ether oxygens (including phenoxy) is 1. The lowest BCUT2D eigenvalue weighted by molar-refractivity contribution is -0.142. The van der Waals surface area contributed by atoms with E-state index in [0.717, 1.165) is 28.0 Å². The molecule has 3 aromatic rings. The summed E-state index contributed by atoms with van der Waals surface area (Å²) in [6.45, 7) is 1.93. The maximum Gasteiger partial charge on any atom is 0.229 e. The quantitative estimate of drug-likeness (QED) is 0.525. The first-order valence-corrected chi connectivity index (χ1v) is 10.3. The van der Waals surface area contributed by atoms with Crippen molar-refractivity contribution in [1.82, 2.24) is 4.90 Å². The van der Waals surface area contributed by atoms with Gasteiger partial charge in [0.2, 0.25) is 11.8 Å². The topological polar surface area (TPSA) is 46.6 Å². The second-order valence-electron chi connectivity index (χ2n) is 7.40. The van der Waals surface area contributed by atoms with Crippen molar-refractivity contribution in [2.45, 2.75) is 32.4 Å². The van der Waals surface area contributed by atoms with E-state index in [1.807, 2.05) is 72.8 Å². The Morgan fingerprint density at radius 1 is 0.967 bits per heavy atom. The number of hydrogen-bond acceptors (Lipinski definition) is 3. The Kier molecular flexibility index (Phi) is 5.86. The summed E-state index contributed by atoms with van der Waals surface area (Å²) < 4.78 is 5.84. The summed E-state index contributed by atoms with van der Waals surface area (Å²) in [6, 6.07) is 23.4. The molecule has 0 aromatic heterocycles. The Bertz CT molecular complexity index is 1040. The van der Waals surface area contributed by atoms with Gasteiger partial charge in [-0.2, -0.15) is 0 Å². The van der Waals surface area contributed by atoms with Crippen molar-refractivity contribution < 1.29 is 14.3 Å². The second-order valence-corrected chi connectivity index (χ2v) is 7.84. The van der Waals surface area contributed by atoms with Crippen molar-refractivity contribution in [2.24, 2.45) is 0 Å². The van der Waals surface area contributed by atoms with Crippen LogP contribution in [0.3, 0.4) is 0 Å². The van der Waals surface area contributed by atoms with E-state index in [2.05, 4.69) is 0 Å². The van der Waals surface area contributed by atoms with Gasteiger partial charge >= 0.3 is 0 Å². The predicted molar refractivity (Wildman–Crippen MR) is 117 cm³/mol. The molecule has 3 aromatic carbocycles. The summed E-state index contributed by atoms with van der Waals surface area (Å²) in [4.78, 5) is 25.1. The molecule has 1 unspecified atom stereocenters. The Morgan fingerprint density at radius 2 is 1.57 bits per heavy atom. The molecule has 0 aliphatic carbocycles. The molecule has 1 atom stereocenters. The molecule has 2 amide bonds. The number of imide groups is 1. The van der Waals surface area contributed by atoms with Crippen LogP contribution in [0.4, 0.5) is 0 Å². The number of carbonyl (C=O) groups is 2. The van der Waals surface area contributed by atoms with Gasteiger partial charge in [-0.1, -0.05) is 60.1 Å². The van der Waals surface area contributed by atoms with Crippen LogP contribution in [0, 0.1) is 0 Å². The Morgan fingerprint density at radius 3 is 2.17 bits per heavy atom. The molecule has 4 rings (SSSR count). The van der Waals surface area contributed by atoms with Gasteiger partial charge in [-0.25, -0.2) is 0 Å². The molecule has 0 N–H and O–H groups in total. The zero-order valence-electron chi connectivity index (χ0n) is 16.7. The van der Waals surface area contributed by atoms with Crippen molar-refractivity contribution >= 4 is 23.4 Å². The largest absolute Gasteiger partial charge is 0.489 e. The van der Waals surface area contributed by atoms with Gasteiger partial charge in [0.05, 0.1) is 6.04 Å². The number of halogens is 1. The second kappa shape index (κ2) is 8.72. The third kappa shape index (κ3) is 4.39. The van der Waals surface area contributed by atoms with E-state index in [1.165, 1.54) is 11.8 Å². The minimum Gasteiger partial charge on any atom is -0.489 e. The molecule has 4 nitrogen and oxygen atoms in total. The third-order valence-corrected chi connectivity index (χ3v) is 5.61. The molecule has 30 heavy (non-hydrogen) atoms. The van der Waals surface area contributed by atoms with Crippen LogP contribution in [0.15, 0.2) is 72.8 Å². The minimum absolute atomic E-state index is 0.0919. The van der Waals surface area contributed by atoms with Crippen molar-refractivity contribution in [3.63, 3.8) is 0 Å². The number of amides is 2. The first kappa shape index (κ1) is 20.2. The molecular weight excluding hydrogens is 398 g/mol. The molecule has 1 fully saturated rings. The van der Waals surface area contributed by atoms with E-state index >= 15 is 0 Å². The fraction of sp³-hybridized carbons (Fsp3) is 0.200. The zero-order valence-corrected chi connectivity index (χ0v) is 17.4.